The third kappa shape index (κ3) is 3.59. The quantitative estimate of drug-likeness (QED) is 0.503. The van der Waals surface area contributed by atoms with Gasteiger partial charge in [-0.1, -0.05) is 11.3 Å². The first-order chi connectivity index (χ1) is 8.65. The number of nitro groups is 1. The van der Waals surface area contributed by atoms with Crippen LogP contribution in [-0.4, -0.2) is 16.5 Å². The summed E-state index contributed by atoms with van der Waals surface area (Å²) in [5.41, 5.74) is 1.10. The fourth-order valence-electron chi connectivity index (χ4n) is 1.51. The Morgan fingerprint density at radius 2 is 2.33 bits per heavy atom. The minimum Gasteiger partial charge on any atom is -0.311 e. The molecule has 0 spiro atoms. The van der Waals surface area contributed by atoms with E-state index >= 15 is 0 Å². The Hall–Kier alpha value is -1.31. The van der Waals surface area contributed by atoms with Gasteiger partial charge in [-0.2, -0.15) is 0 Å². The lowest BCUT2D eigenvalue weighted by Crippen LogP contribution is -2.16. The lowest BCUT2D eigenvalue weighted by molar-refractivity contribution is -0.380. The number of thiophene rings is 1. The van der Waals surface area contributed by atoms with Crippen LogP contribution in [0.4, 0.5) is 5.00 Å². The van der Waals surface area contributed by atoms with Crippen LogP contribution in [-0.2, 0) is 13.0 Å². The van der Waals surface area contributed by atoms with Crippen molar-refractivity contribution < 1.29 is 4.92 Å². The molecule has 0 saturated heterocycles. The second-order valence-corrected chi connectivity index (χ2v) is 5.99. The number of nitrogens with zero attached hydrogens (tertiary/aromatic N) is 2. The van der Waals surface area contributed by atoms with E-state index < -0.39 is 0 Å². The molecule has 0 aliphatic carbocycles. The van der Waals surface area contributed by atoms with Gasteiger partial charge in [-0.15, -0.1) is 11.3 Å². The second-order valence-electron chi connectivity index (χ2n) is 3.78. The van der Waals surface area contributed by atoms with Crippen LogP contribution >= 0.6 is 22.7 Å². The molecule has 0 amide bonds. The minimum absolute atomic E-state index is 0.196. The van der Waals surface area contributed by atoms with Crippen molar-refractivity contribution in [2.75, 3.05) is 6.54 Å². The summed E-state index contributed by atoms with van der Waals surface area (Å²) < 4.78 is 0. The number of aromatic nitrogens is 1. The Bertz CT molecular complexity index is 536. The van der Waals surface area contributed by atoms with Gasteiger partial charge in [0.15, 0.2) is 0 Å². The Morgan fingerprint density at radius 3 is 2.94 bits per heavy atom. The summed E-state index contributed by atoms with van der Waals surface area (Å²) in [5.74, 6) is 0. The fourth-order valence-corrected chi connectivity index (χ4v) is 2.95. The van der Waals surface area contributed by atoms with Gasteiger partial charge in [0.05, 0.1) is 15.6 Å². The number of nitrogens with one attached hydrogen (secondary N) is 1. The van der Waals surface area contributed by atoms with Crippen molar-refractivity contribution in [1.29, 1.82) is 0 Å². The predicted molar refractivity (Wildman–Crippen MR) is 73.2 cm³/mol. The highest BCUT2D eigenvalue weighted by Gasteiger charge is 2.08. The summed E-state index contributed by atoms with van der Waals surface area (Å²) in [6.45, 7) is 3.49. The van der Waals surface area contributed by atoms with Crippen LogP contribution in [0.3, 0.4) is 0 Å². The molecular weight excluding hydrogens is 270 g/mol. The Morgan fingerprint density at radius 1 is 1.50 bits per heavy atom. The van der Waals surface area contributed by atoms with E-state index in [1.165, 1.54) is 11.3 Å². The summed E-state index contributed by atoms with van der Waals surface area (Å²) >= 11 is 2.87. The molecule has 2 aromatic heterocycles. The molecule has 18 heavy (non-hydrogen) atoms. The molecule has 1 N–H and O–H groups in total. The zero-order chi connectivity index (χ0) is 13.0. The SMILES string of the molecule is Cc1nc(CCNCc2ccc([N+](=O)[O-])s2)cs1. The largest absolute Gasteiger partial charge is 0.324 e. The van der Waals surface area contributed by atoms with Gasteiger partial charge in [-0.05, 0) is 13.0 Å². The van der Waals surface area contributed by atoms with Crippen molar-refractivity contribution in [3.63, 3.8) is 0 Å². The van der Waals surface area contributed by atoms with Crippen LogP contribution in [0.1, 0.15) is 15.6 Å². The smallest absolute Gasteiger partial charge is 0.311 e. The van der Waals surface area contributed by atoms with E-state index in [9.17, 15) is 10.1 Å². The first-order valence-electron chi connectivity index (χ1n) is 5.50. The molecule has 7 heteroatoms. The zero-order valence-corrected chi connectivity index (χ0v) is 11.5. The minimum atomic E-state index is -0.355. The van der Waals surface area contributed by atoms with Crippen LogP contribution in [0, 0.1) is 17.0 Å². The highest BCUT2D eigenvalue weighted by atomic mass is 32.1. The lowest BCUT2D eigenvalue weighted by Gasteiger charge is -2.00. The molecule has 2 heterocycles. The molecule has 0 aromatic carbocycles. The standard InChI is InChI=1S/C11H13N3O2S2/c1-8-13-9(7-17-8)4-5-12-6-10-2-3-11(18-10)14(15)16/h2-3,7,12H,4-6H2,1H3. The van der Waals surface area contributed by atoms with Gasteiger partial charge in [-0.3, -0.25) is 10.1 Å². The molecule has 2 rings (SSSR count). The van der Waals surface area contributed by atoms with Gasteiger partial charge in [0.25, 0.3) is 0 Å². The highest BCUT2D eigenvalue weighted by Crippen LogP contribution is 2.23. The molecule has 0 radical (unpaired) electrons. The van der Waals surface area contributed by atoms with Crippen molar-refractivity contribution in [2.45, 2.75) is 19.9 Å². The van der Waals surface area contributed by atoms with Gasteiger partial charge >= 0.3 is 5.00 Å². The van der Waals surface area contributed by atoms with E-state index in [0.717, 1.165) is 28.5 Å². The summed E-state index contributed by atoms with van der Waals surface area (Å²) in [6.07, 6.45) is 0.887. The predicted octanol–water partition coefficient (Wildman–Crippen LogP) is 2.75. The zero-order valence-electron chi connectivity index (χ0n) is 9.88. The second kappa shape index (κ2) is 6.03. The third-order valence-corrected chi connectivity index (χ3v) is 4.21. The van der Waals surface area contributed by atoms with Crippen molar-refractivity contribution in [3.05, 3.63) is 43.2 Å². The van der Waals surface area contributed by atoms with Gasteiger partial charge < -0.3 is 5.32 Å². The van der Waals surface area contributed by atoms with Crippen LogP contribution in [0.2, 0.25) is 0 Å². The van der Waals surface area contributed by atoms with Crippen molar-refractivity contribution in [1.82, 2.24) is 10.3 Å². The van der Waals surface area contributed by atoms with Crippen LogP contribution in [0.5, 0.6) is 0 Å². The maximum Gasteiger partial charge on any atom is 0.324 e. The van der Waals surface area contributed by atoms with E-state index in [1.807, 2.05) is 6.92 Å². The van der Waals surface area contributed by atoms with E-state index in [-0.39, 0.29) is 9.92 Å². The summed E-state index contributed by atoms with van der Waals surface area (Å²) in [5, 5.41) is 17.1. The topological polar surface area (TPSA) is 68.1 Å². The molecule has 0 aliphatic rings. The molecule has 96 valence electrons. The van der Waals surface area contributed by atoms with Crippen molar-refractivity contribution in [2.24, 2.45) is 0 Å². The van der Waals surface area contributed by atoms with Crippen LogP contribution in [0.25, 0.3) is 0 Å². The molecule has 0 saturated carbocycles. The summed E-state index contributed by atoms with van der Waals surface area (Å²) in [6, 6.07) is 3.34. The Kier molecular flexibility index (Phi) is 4.40. The number of hydrogen-bond acceptors (Lipinski definition) is 6. The monoisotopic (exact) mass is 283 g/mol. The molecular formula is C11H13N3O2S2. The van der Waals surface area contributed by atoms with E-state index in [2.05, 4.69) is 15.7 Å². The maximum atomic E-state index is 10.5. The number of hydrogen-bond donors (Lipinski definition) is 1. The molecule has 5 nitrogen and oxygen atoms in total. The average molecular weight is 283 g/mol. The normalized spacial score (nSPS) is 10.7. The van der Waals surface area contributed by atoms with Gasteiger partial charge in [-0.25, -0.2) is 4.98 Å². The third-order valence-electron chi connectivity index (χ3n) is 2.35. The first-order valence-corrected chi connectivity index (χ1v) is 7.19. The first kappa shape index (κ1) is 13.1. The summed E-state index contributed by atoms with van der Waals surface area (Å²) in [7, 11) is 0. The number of rotatable bonds is 6. The van der Waals surface area contributed by atoms with Gasteiger partial charge in [0.1, 0.15) is 0 Å². The molecule has 0 fully saturated rings. The number of thiazole rings is 1. The highest BCUT2D eigenvalue weighted by molar-refractivity contribution is 7.15. The van der Waals surface area contributed by atoms with E-state index in [4.69, 9.17) is 0 Å². The number of aryl methyl sites for hydroxylation is 1. The van der Waals surface area contributed by atoms with Gasteiger partial charge in [0, 0.05) is 35.8 Å². The fraction of sp³-hybridized carbons (Fsp3) is 0.364. The van der Waals surface area contributed by atoms with Gasteiger partial charge in [0.2, 0.25) is 0 Å². The molecule has 0 atom stereocenters. The van der Waals surface area contributed by atoms with Crippen molar-refractivity contribution >= 4 is 27.7 Å². The molecule has 0 unspecified atom stereocenters. The summed E-state index contributed by atoms with van der Waals surface area (Å²) in [4.78, 5) is 15.5. The van der Waals surface area contributed by atoms with Crippen LogP contribution in [0.15, 0.2) is 17.5 Å². The Labute approximate surface area is 113 Å². The lowest BCUT2D eigenvalue weighted by atomic mass is 10.3. The molecule has 2 aromatic rings. The Balaban J connectivity index is 1.73. The van der Waals surface area contributed by atoms with Crippen LogP contribution < -0.4 is 5.32 Å². The molecule has 0 aliphatic heterocycles. The van der Waals surface area contributed by atoms with E-state index in [0.29, 0.717) is 6.54 Å². The average Bonchev–Trinajstić information content (AvgIpc) is 2.93. The van der Waals surface area contributed by atoms with Crippen molar-refractivity contribution in [3.8, 4) is 0 Å². The maximum absolute atomic E-state index is 10.5. The van der Waals surface area contributed by atoms with E-state index in [1.54, 1.807) is 23.5 Å². The molecule has 0 bridgehead atoms.